The Hall–Kier alpha value is -2.46. The van der Waals surface area contributed by atoms with Gasteiger partial charge in [-0.05, 0) is 38.8 Å². The molecular weight excluding hydrogens is 370 g/mol. The Morgan fingerprint density at radius 3 is 2.30 bits per heavy atom. The van der Waals surface area contributed by atoms with Crippen LogP contribution in [0.4, 0.5) is 16.4 Å². The molecule has 2 rings (SSSR count). The van der Waals surface area contributed by atoms with Crippen molar-refractivity contribution in [3.05, 3.63) is 35.7 Å². The fraction of sp³-hybridized carbons (Fsp3) is 0.471. The van der Waals surface area contributed by atoms with Gasteiger partial charge in [-0.25, -0.2) is 17.5 Å². The lowest BCUT2D eigenvalue weighted by Crippen LogP contribution is -2.35. The summed E-state index contributed by atoms with van der Waals surface area (Å²) in [6.07, 6.45) is 1.22. The van der Waals surface area contributed by atoms with E-state index in [0.29, 0.717) is 18.8 Å². The van der Waals surface area contributed by atoms with E-state index < -0.39 is 16.0 Å². The van der Waals surface area contributed by atoms with Crippen molar-refractivity contribution in [3.8, 4) is 0 Å². The summed E-state index contributed by atoms with van der Waals surface area (Å²) in [5.41, 5.74) is 1.92. The maximum Gasteiger partial charge on any atom is 0.346 e. The molecule has 0 spiro atoms. The Bertz CT molecular complexity index is 886. The standard InChI is InChI=1S/C17H25N5O4S/c1-6-20(7-2)17(23)21-11-18-16(19-21)22(27(24,25)12-26-5)15-13(3)9-8-10-14(15)4/h8-11H,6-7,12H2,1-5H3. The molecule has 0 aliphatic carbocycles. The average Bonchev–Trinajstić information content (AvgIpc) is 3.08. The lowest BCUT2D eigenvalue weighted by Gasteiger charge is -2.24. The second-order valence-electron chi connectivity index (χ2n) is 5.97. The highest BCUT2D eigenvalue weighted by atomic mass is 32.2. The number of anilines is 2. The van der Waals surface area contributed by atoms with Gasteiger partial charge in [-0.15, -0.1) is 5.10 Å². The summed E-state index contributed by atoms with van der Waals surface area (Å²) >= 11 is 0. The molecule has 0 aliphatic rings. The predicted molar refractivity (Wildman–Crippen MR) is 103 cm³/mol. The van der Waals surface area contributed by atoms with E-state index in [1.54, 1.807) is 30.9 Å². The zero-order valence-electron chi connectivity index (χ0n) is 16.2. The number of ether oxygens (including phenoxy) is 1. The first-order chi connectivity index (χ1) is 12.8. The van der Waals surface area contributed by atoms with Gasteiger partial charge in [0, 0.05) is 20.2 Å². The number of aromatic nitrogens is 3. The van der Waals surface area contributed by atoms with Crippen LogP contribution in [0.3, 0.4) is 0 Å². The number of para-hydroxylation sites is 1. The molecule has 1 heterocycles. The first-order valence-corrected chi connectivity index (χ1v) is 10.2. The second kappa shape index (κ2) is 8.49. The highest BCUT2D eigenvalue weighted by molar-refractivity contribution is 7.92. The molecule has 0 N–H and O–H groups in total. The molecule has 0 saturated carbocycles. The third-order valence-corrected chi connectivity index (χ3v) is 5.51. The highest BCUT2D eigenvalue weighted by Gasteiger charge is 2.31. The number of methoxy groups -OCH3 is 1. The molecule has 1 aromatic carbocycles. The van der Waals surface area contributed by atoms with Crippen molar-refractivity contribution in [2.75, 3.05) is 30.4 Å². The largest absolute Gasteiger partial charge is 0.367 e. The summed E-state index contributed by atoms with van der Waals surface area (Å²) in [6, 6.07) is 5.07. The lowest BCUT2D eigenvalue weighted by molar-refractivity contribution is 0.201. The van der Waals surface area contributed by atoms with Gasteiger partial charge >= 0.3 is 6.03 Å². The number of carbonyl (C=O) groups excluding carboxylic acids is 1. The number of nitrogens with zero attached hydrogens (tertiary/aromatic N) is 5. The summed E-state index contributed by atoms with van der Waals surface area (Å²) in [4.78, 5) is 18.1. The Morgan fingerprint density at radius 1 is 1.19 bits per heavy atom. The summed E-state index contributed by atoms with van der Waals surface area (Å²) in [5.74, 6) is -0.649. The molecule has 2 aromatic rings. The van der Waals surface area contributed by atoms with Gasteiger partial charge in [0.25, 0.3) is 16.0 Å². The minimum atomic E-state index is -3.92. The molecule has 1 aromatic heterocycles. The third kappa shape index (κ3) is 4.28. The summed E-state index contributed by atoms with van der Waals surface area (Å²) in [5, 5.41) is 4.14. The first-order valence-electron chi connectivity index (χ1n) is 8.55. The molecule has 0 radical (unpaired) electrons. The number of rotatable bonds is 7. The van der Waals surface area contributed by atoms with E-state index in [2.05, 4.69) is 10.1 Å². The van der Waals surface area contributed by atoms with Crippen LogP contribution in [0.2, 0.25) is 0 Å². The zero-order chi connectivity index (χ0) is 20.2. The fourth-order valence-corrected chi connectivity index (χ4v) is 4.07. The lowest BCUT2D eigenvalue weighted by atomic mass is 10.1. The molecule has 0 aliphatic heterocycles. The Labute approximate surface area is 159 Å². The van der Waals surface area contributed by atoms with Crippen molar-refractivity contribution in [2.45, 2.75) is 27.7 Å². The summed E-state index contributed by atoms with van der Waals surface area (Å²) in [6.45, 7) is 8.32. The van der Waals surface area contributed by atoms with Gasteiger partial charge < -0.3 is 9.64 Å². The van der Waals surface area contributed by atoms with Gasteiger partial charge in [-0.1, -0.05) is 18.2 Å². The van der Waals surface area contributed by atoms with Crippen molar-refractivity contribution >= 4 is 27.7 Å². The van der Waals surface area contributed by atoms with Gasteiger partial charge in [0.1, 0.15) is 6.33 Å². The van der Waals surface area contributed by atoms with E-state index in [-0.39, 0.29) is 12.0 Å². The normalized spacial score (nSPS) is 11.4. The second-order valence-corrected chi connectivity index (χ2v) is 7.73. The number of benzene rings is 1. The van der Waals surface area contributed by atoms with Crippen LogP contribution in [0.5, 0.6) is 0 Å². The Kier molecular flexibility index (Phi) is 6.55. The molecule has 0 saturated heterocycles. The minimum absolute atomic E-state index is 0.107. The van der Waals surface area contributed by atoms with Crippen molar-refractivity contribution in [2.24, 2.45) is 0 Å². The van der Waals surface area contributed by atoms with Gasteiger partial charge in [0.15, 0.2) is 5.94 Å². The van der Waals surface area contributed by atoms with Crippen LogP contribution in [0.25, 0.3) is 0 Å². The molecule has 27 heavy (non-hydrogen) atoms. The molecular formula is C17H25N5O4S. The Morgan fingerprint density at radius 2 is 1.78 bits per heavy atom. The van der Waals surface area contributed by atoms with Crippen LogP contribution in [0.15, 0.2) is 24.5 Å². The SMILES string of the molecule is CCN(CC)C(=O)n1cnc(N(c2c(C)cccc2C)S(=O)(=O)COC)n1. The van der Waals surface area contributed by atoms with Crippen molar-refractivity contribution < 1.29 is 17.9 Å². The van der Waals surface area contributed by atoms with E-state index >= 15 is 0 Å². The smallest absolute Gasteiger partial charge is 0.346 e. The molecule has 1 amide bonds. The number of hydrogen-bond acceptors (Lipinski definition) is 6. The van der Waals surface area contributed by atoms with E-state index in [0.717, 1.165) is 20.1 Å². The van der Waals surface area contributed by atoms with Crippen molar-refractivity contribution in [1.29, 1.82) is 0 Å². The topological polar surface area (TPSA) is 97.6 Å². The molecule has 9 nitrogen and oxygen atoms in total. The first kappa shape index (κ1) is 20.8. The van der Waals surface area contributed by atoms with Crippen LogP contribution < -0.4 is 4.31 Å². The number of hydrogen-bond donors (Lipinski definition) is 0. The fourth-order valence-electron chi connectivity index (χ4n) is 2.77. The zero-order valence-corrected chi connectivity index (χ0v) is 17.0. The summed E-state index contributed by atoms with van der Waals surface area (Å²) < 4.78 is 32.7. The van der Waals surface area contributed by atoms with Crippen LogP contribution in [-0.2, 0) is 14.8 Å². The number of aryl methyl sites for hydroxylation is 2. The van der Waals surface area contributed by atoms with Crippen LogP contribution in [-0.4, -0.2) is 60.3 Å². The number of sulfonamides is 1. The van der Waals surface area contributed by atoms with E-state index in [4.69, 9.17) is 4.74 Å². The summed E-state index contributed by atoms with van der Waals surface area (Å²) in [7, 11) is -2.62. The third-order valence-electron chi connectivity index (χ3n) is 4.08. The van der Waals surface area contributed by atoms with Crippen LogP contribution in [0, 0.1) is 13.8 Å². The van der Waals surface area contributed by atoms with Crippen LogP contribution in [0.1, 0.15) is 25.0 Å². The number of carbonyl (C=O) groups is 1. The molecule has 0 fully saturated rings. The minimum Gasteiger partial charge on any atom is -0.367 e. The van der Waals surface area contributed by atoms with E-state index in [1.165, 1.54) is 13.4 Å². The van der Waals surface area contributed by atoms with Gasteiger partial charge in [0.05, 0.1) is 5.69 Å². The van der Waals surface area contributed by atoms with Gasteiger partial charge in [-0.2, -0.15) is 9.67 Å². The van der Waals surface area contributed by atoms with Gasteiger partial charge in [0.2, 0.25) is 0 Å². The van der Waals surface area contributed by atoms with Crippen LogP contribution >= 0.6 is 0 Å². The van der Waals surface area contributed by atoms with Crippen molar-refractivity contribution in [3.63, 3.8) is 0 Å². The average molecular weight is 395 g/mol. The van der Waals surface area contributed by atoms with Gasteiger partial charge in [-0.3, -0.25) is 0 Å². The highest BCUT2D eigenvalue weighted by Crippen LogP contribution is 2.32. The molecule has 148 valence electrons. The molecule has 10 heteroatoms. The Balaban J connectivity index is 2.59. The van der Waals surface area contributed by atoms with E-state index in [9.17, 15) is 13.2 Å². The maximum atomic E-state index is 12.9. The van der Waals surface area contributed by atoms with E-state index in [1.807, 2.05) is 19.9 Å². The molecule has 0 unspecified atom stereocenters. The molecule has 0 atom stereocenters. The predicted octanol–water partition coefficient (Wildman–Crippen LogP) is 2.28. The van der Waals surface area contributed by atoms with Crippen molar-refractivity contribution in [1.82, 2.24) is 19.7 Å². The monoisotopic (exact) mass is 395 g/mol. The maximum absolute atomic E-state index is 12.9. The molecule has 0 bridgehead atoms. The quantitative estimate of drug-likeness (QED) is 0.713. The number of amides is 1.